The maximum Gasteiger partial charge on any atom is 0.191 e. The third kappa shape index (κ3) is 7.46. The SMILES string of the molecule is CN=C(NCc1ccc(C)cc1OC(C)C)NCC1(OC)CCOCC1.I. The molecule has 1 saturated heterocycles. The van der Waals surface area contributed by atoms with Crippen molar-refractivity contribution >= 4 is 29.9 Å². The highest BCUT2D eigenvalue weighted by molar-refractivity contribution is 14.0. The first-order chi connectivity index (χ1) is 12.5. The molecule has 0 spiro atoms. The lowest BCUT2D eigenvalue weighted by atomic mass is 9.94. The number of benzene rings is 1. The van der Waals surface area contributed by atoms with E-state index in [4.69, 9.17) is 14.2 Å². The topological polar surface area (TPSA) is 64.1 Å². The van der Waals surface area contributed by atoms with Crippen LogP contribution >= 0.6 is 24.0 Å². The van der Waals surface area contributed by atoms with Crippen molar-refractivity contribution in [2.24, 2.45) is 4.99 Å². The number of nitrogens with zero attached hydrogens (tertiary/aromatic N) is 1. The summed E-state index contributed by atoms with van der Waals surface area (Å²) in [6.07, 6.45) is 1.92. The summed E-state index contributed by atoms with van der Waals surface area (Å²) in [6.45, 7) is 8.97. The number of ether oxygens (including phenoxy) is 3. The van der Waals surface area contributed by atoms with E-state index in [2.05, 4.69) is 40.7 Å². The zero-order chi connectivity index (χ0) is 19.0. The summed E-state index contributed by atoms with van der Waals surface area (Å²) >= 11 is 0. The van der Waals surface area contributed by atoms with Crippen LogP contribution in [0.4, 0.5) is 0 Å². The summed E-state index contributed by atoms with van der Waals surface area (Å²) in [5.41, 5.74) is 2.11. The van der Waals surface area contributed by atoms with Gasteiger partial charge in [-0.15, -0.1) is 24.0 Å². The van der Waals surface area contributed by atoms with Crippen LogP contribution in [0.25, 0.3) is 0 Å². The van der Waals surface area contributed by atoms with Gasteiger partial charge in [0.15, 0.2) is 5.96 Å². The minimum atomic E-state index is -0.189. The molecule has 0 radical (unpaired) electrons. The molecule has 1 fully saturated rings. The van der Waals surface area contributed by atoms with Crippen molar-refractivity contribution in [2.75, 3.05) is 33.9 Å². The van der Waals surface area contributed by atoms with Crippen molar-refractivity contribution in [3.8, 4) is 5.75 Å². The quantitative estimate of drug-likeness (QED) is 0.349. The van der Waals surface area contributed by atoms with Crippen LogP contribution in [0.1, 0.15) is 37.8 Å². The number of nitrogens with one attached hydrogen (secondary N) is 2. The fourth-order valence-corrected chi connectivity index (χ4v) is 3.01. The monoisotopic (exact) mass is 491 g/mol. The number of hydrogen-bond acceptors (Lipinski definition) is 4. The lowest BCUT2D eigenvalue weighted by molar-refractivity contribution is -0.0855. The lowest BCUT2D eigenvalue weighted by Crippen LogP contribution is -2.50. The molecule has 0 amide bonds. The summed E-state index contributed by atoms with van der Waals surface area (Å²) < 4.78 is 17.2. The number of hydrogen-bond donors (Lipinski definition) is 2. The van der Waals surface area contributed by atoms with E-state index in [9.17, 15) is 0 Å². The van der Waals surface area contributed by atoms with Gasteiger partial charge in [0.25, 0.3) is 0 Å². The Hall–Kier alpha value is -1.06. The molecular formula is C20H34IN3O3. The molecule has 0 aromatic heterocycles. The van der Waals surface area contributed by atoms with E-state index >= 15 is 0 Å². The van der Waals surface area contributed by atoms with Crippen LogP contribution < -0.4 is 15.4 Å². The summed E-state index contributed by atoms with van der Waals surface area (Å²) in [5.74, 6) is 1.67. The van der Waals surface area contributed by atoms with Crippen LogP contribution in [0.5, 0.6) is 5.75 Å². The second-order valence-corrected chi connectivity index (χ2v) is 7.06. The first-order valence-electron chi connectivity index (χ1n) is 9.31. The minimum Gasteiger partial charge on any atom is -0.491 e. The summed E-state index contributed by atoms with van der Waals surface area (Å²) in [5, 5.41) is 6.76. The number of aryl methyl sites for hydroxylation is 1. The molecule has 2 N–H and O–H groups in total. The number of aliphatic imine (C=N–C) groups is 1. The van der Waals surface area contributed by atoms with E-state index < -0.39 is 0 Å². The van der Waals surface area contributed by atoms with Gasteiger partial charge in [0, 0.05) is 58.9 Å². The van der Waals surface area contributed by atoms with Crippen LogP contribution in [0, 0.1) is 6.92 Å². The molecule has 1 heterocycles. The molecule has 7 heteroatoms. The third-order valence-electron chi connectivity index (χ3n) is 4.67. The van der Waals surface area contributed by atoms with Gasteiger partial charge in [-0.05, 0) is 32.4 Å². The third-order valence-corrected chi connectivity index (χ3v) is 4.67. The predicted molar refractivity (Wildman–Crippen MR) is 120 cm³/mol. The Kier molecular flexibility index (Phi) is 10.4. The van der Waals surface area contributed by atoms with E-state index in [1.165, 1.54) is 5.56 Å². The van der Waals surface area contributed by atoms with E-state index in [0.29, 0.717) is 13.1 Å². The highest BCUT2D eigenvalue weighted by Crippen LogP contribution is 2.24. The molecule has 1 aliphatic rings. The molecule has 27 heavy (non-hydrogen) atoms. The Balaban J connectivity index is 0.00000364. The normalized spacial score (nSPS) is 16.6. The van der Waals surface area contributed by atoms with Crippen LogP contribution in [-0.4, -0.2) is 51.6 Å². The van der Waals surface area contributed by atoms with Crippen molar-refractivity contribution in [1.29, 1.82) is 0 Å². The van der Waals surface area contributed by atoms with Gasteiger partial charge in [0.1, 0.15) is 5.75 Å². The zero-order valence-corrected chi connectivity index (χ0v) is 19.5. The van der Waals surface area contributed by atoms with Crippen LogP contribution in [-0.2, 0) is 16.0 Å². The van der Waals surface area contributed by atoms with Crippen molar-refractivity contribution in [2.45, 2.75) is 51.9 Å². The maximum absolute atomic E-state index is 5.95. The van der Waals surface area contributed by atoms with Crippen molar-refractivity contribution in [3.63, 3.8) is 0 Å². The van der Waals surface area contributed by atoms with Gasteiger partial charge in [0.2, 0.25) is 0 Å². The van der Waals surface area contributed by atoms with Gasteiger partial charge >= 0.3 is 0 Å². The van der Waals surface area contributed by atoms with Crippen molar-refractivity contribution in [1.82, 2.24) is 10.6 Å². The molecule has 0 unspecified atom stereocenters. The Morgan fingerprint density at radius 1 is 1.26 bits per heavy atom. The highest BCUT2D eigenvalue weighted by Gasteiger charge is 2.32. The summed E-state index contributed by atoms with van der Waals surface area (Å²) in [4.78, 5) is 4.33. The van der Waals surface area contributed by atoms with Crippen LogP contribution in [0.3, 0.4) is 0 Å². The molecule has 0 aliphatic carbocycles. The molecule has 0 bridgehead atoms. The highest BCUT2D eigenvalue weighted by atomic mass is 127. The Morgan fingerprint density at radius 3 is 2.56 bits per heavy atom. The smallest absolute Gasteiger partial charge is 0.191 e. The first-order valence-corrected chi connectivity index (χ1v) is 9.31. The molecule has 1 aliphatic heterocycles. The molecule has 6 nitrogen and oxygen atoms in total. The van der Waals surface area contributed by atoms with Gasteiger partial charge in [-0.2, -0.15) is 0 Å². The van der Waals surface area contributed by atoms with E-state index in [-0.39, 0.29) is 35.7 Å². The molecular weight excluding hydrogens is 457 g/mol. The Labute approximate surface area is 180 Å². The first kappa shape index (κ1) is 24.0. The fourth-order valence-electron chi connectivity index (χ4n) is 3.01. The van der Waals surface area contributed by atoms with E-state index in [1.54, 1.807) is 14.2 Å². The molecule has 154 valence electrons. The number of guanidine groups is 1. The summed E-state index contributed by atoms with van der Waals surface area (Å²) in [6, 6.07) is 6.28. The van der Waals surface area contributed by atoms with E-state index in [1.807, 2.05) is 13.8 Å². The molecule has 0 atom stereocenters. The van der Waals surface area contributed by atoms with Crippen molar-refractivity contribution in [3.05, 3.63) is 29.3 Å². The molecule has 1 aromatic rings. The van der Waals surface area contributed by atoms with E-state index in [0.717, 1.165) is 43.3 Å². The van der Waals surface area contributed by atoms with Gasteiger partial charge < -0.3 is 24.8 Å². The Bertz CT molecular complexity index is 602. The Morgan fingerprint density at radius 2 is 1.96 bits per heavy atom. The predicted octanol–water partition coefficient (Wildman–Crippen LogP) is 3.26. The maximum atomic E-state index is 5.95. The second-order valence-electron chi connectivity index (χ2n) is 7.06. The number of methoxy groups -OCH3 is 1. The number of halogens is 1. The average Bonchev–Trinajstić information content (AvgIpc) is 2.63. The minimum absolute atomic E-state index is 0. The van der Waals surface area contributed by atoms with Gasteiger partial charge in [0.05, 0.1) is 11.7 Å². The fraction of sp³-hybridized carbons (Fsp3) is 0.650. The molecule has 1 aromatic carbocycles. The molecule has 2 rings (SSSR count). The zero-order valence-electron chi connectivity index (χ0n) is 17.1. The molecule has 0 saturated carbocycles. The average molecular weight is 491 g/mol. The standard InChI is InChI=1S/C20H33N3O3.HI/c1-15(2)26-18-12-16(3)6-7-17(18)13-22-19(21-4)23-14-20(24-5)8-10-25-11-9-20;/h6-7,12,15H,8-11,13-14H2,1-5H3,(H2,21,22,23);1H. The van der Waals surface area contributed by atoms with Gasteiger partial charge in [-0.3, -0.25) is 4.99 Å². The van der Waals surface area contributed by atoms with Crippen molar-refractivity contribution < 1.29 is 14.2 Å². The lowest BCUT2D eigenvalue weighted by Gasteiger charge is -2.36. The number of rotatable bonds is 7. The van der Waals surface area contributed by atoms with Gasteiger partial charge in [-0.1, -0.05) is 12.1 Å². The van der Waals surface area contributed by atoms with Crippen LogP contribution in [0.2, 0.25) is 0 Å². The largest absolute Gasteiger partial charge is 0.491 e. The summed E-state index contributed by atoms with van der Waals surface area (Å²) in [7, 11) is 3.55. The second kappa shape index (κ2) is 11.7. The van der Waals surface area contributed by atoms with Gasteiger partial charge in [-0.25, -0.2) is 0 Å². The van der Waals surface area contributed by atoms with Crippen LogP contribution in [0.15, 0.2) is 23.2 Å².